The van der Waals surface area contributed by atoms with E-state index < -0.39 is 82.3 Å². The van der Waals surface area contributed by atoms with Gasteiger partial charge in [0, 0.05) is 143 Å². The number of aryl methyl sites for hydroxylation is 1. The minimum Gasteiger partial charge on any atom is -0.391 e. The number of sulfone groups is 1. The maximum atomic E-state index is 14.5. The Morgan fingerprint density at radius 1 is 0.796 bits per heavy atom. The molecular weight excluding hydrogens is 1550 g/mol. The molecule has 6 heterocycles. The van der Waals surface area contributed by atoms with Crippen molar-refractivity contribution in [3.8, 4) is 10.4 Å². The average Bonchev–Trinajstić information content (AvgIpc) is 1.37. The Hall–Kier alpha value is -7.45. The Morgan fingerprint density at radius 2 is 1.48 bits per heavy atom. The zero-order chi connectivity index (χ0) is 80.6. The van der Waals surface area contributed by atoms with Crippen LogP contribution >= 0.6 is 34.7 Å². The lowest BCUT2D eigenvalue weighted by Gasteiger charge is -2.44. The molecule has 113 heavy (non-hydrogen) atoms. The zero-order valence-corrected chi connectivity index (χ0v) is 69.1. The van der Waals surface area contributed by atoms with Crippen LogP contribution in [0.1, 0.15) is 145 Å². The summed E-state index contributed by atoms with van der Waals surface area (Å²) in [7, 11) is -11.0. The first-order valence-electron chi connectivity index (χ1n) is 39.2. The number of β-amino-alcohol motifs (C(OH)–C–C–N with tert-alkyl or cyclic N) is 1. The third kappa shape index (κ3) is 21.6. The fraction of sp³-hybridized carbons (Fsp3) is 0.518. The van der Waals surface area contributed by atoms with Gasteiger partial charge in [0.15, 0.2) is 0 Å². The van der Waals surface area contributed by atoms with Crippen LogP contribution < -0.4 is 25.6 Å². The quantitative estimate of drug-likeness (QED) is 0.0200. The number of unbranched alkanes of at least 4 members (excludes halogenated alkanes) is 3. The highest BCUT2D eigenvalue weighted by Gasteiger charge is 2.50. The molecule has 610 valence electrons. The van der Waals surface area contributed by atoms with E-state index >= 15 is 0 Å². The van der Waals surface area contributed by atoms with E-state index in [9.17, 15) is 59.1 Å². The molecule has 5 aliphatic heterocycles. The van der Waals surface area contributed by atoms with E-state index in [0.717, 1.165) is 128 Å². The number of rotatable bonds is 31. The number of aliphatic hydroxyl groups excluding tert-OH is 1. The van der Waals surface area contributed by atoms with Gasteiger partial charge in [0.2, 0.25) is 23.6 Å². The number of thioether (sulfide) groups is 1. The number of amides is 5. The third-order valence-corrected chi connectivity index (χ3v) is 28.1. The number of aromatic nitrogens is 1. The molecule has 6 aliphatic rings. The predicted molar refractivity (Wildman–Crippen MR) is 436 cm³/mol. The second-order valence-corrected chi connectivity index (χ2v) is 38.5. The first-order valence-corrected chi connectivity index (χ1v) is 44.4. The number of anilines is 2. The summed E-state index contributed by atoms with van der Waals surface area (Å²) in [6, 6.07) is 31.6. The molecule has 5 saturated heterocycles. The number of hydrogen-bond donors (Lipinski definition) is 5. The summed E-state index contributed by atoms with van der Waals surface area (Å²) in [5.41, 5.74) is 2.39. The van der Waals surface area contributed by atoms with Gasteiger partial charge in [-0.2, -0.15) is 13.2 Å². The standard InChI is InChI=1S/C83H105ClF3N11O11S4/c1-55(57-18-20-59(21-19-57)76-56(2)88-54-111-76)89-79(103)72-45-66(99)49-98(72)80(104)77(81(3,4)5)91-74(100)16-12-7-8-13-17-75(101)96-42-38-94(39-43-96)53-82(6)34-32-70(58-22-26-62(84)27-23-58)61(47-82)48-93-36-40-95(41-37-93)64-28-24-60(25-29-64)78(102)92-113(107,108)69-30-31-71(73(46-69)112(105,106)83(85,86)87)90-63(52-110-68-14-10-9-11-15-68)33-35-97-50-67-44-65(97)51-109-67/h9-11,14-15,18-31,46,54-55,63,65-67,72,77,90,99H,7-8,12-13,16-17,32-45,47-53H2,1-6H3,(H,89,103)(H,91,100)(H,92,102)/t55-,63+,65+,66+,67+,72-,77+,82?/m0/s1. The SMILES string of the molecule is Cc1ncsc1-c1ccc([C@H](C)NC(=O)[C@@H]2C[C@@H](O)CN2C(=O)[C@@H](NC(=O)CCCCCCC(=O)N2CCN(CC3(C)CCC(c4ccc(Cl)cc4)=C(CN4CCN(c5ccc(C(=O)NS(=O)(=O)c6ccc(N[C@H](CCN7C[C@H]8C[C@@H]7CO8)CSc7ccccc7)c(S(=O)(=O)C(F)(F)F)c6)cc5)CC4)C3)CC2)C(C)(C)C)cc1. The predicted octanol–water partition coefficient (Wildman–Crippen LogP) is 12.2. The highest BCUT2D eigenvalue weighted by molar-refractivity contribution is 7.99. The van der Waals surface area contributed by atoms with Crippen LogP contribution in [0.25, 0.3) is 16.0 Å². The molecule has 6 aromatic rings. The Bertz CT molecular complexity index is 4600. The molecule has 5 N–H and O–H groups in total. The number of likely N-dealkylation sites (tertiary alicyclic amines) is 2. The van der Waals surface area contributed by atoms with Gasteiger partial charge in [0.1, 0.15) is 17.0 Å². The summed E-state index contributed by atoms with van der Waals surface area (Å²) in [6.45, 7) is 20.9. The lowest BCUT2D eigenvalue weighted by atomic mass is 9.71. The number of halogens is 4. The Kier molecular flexibility index (Phi) is 27.7. The van der Waals surface area contributed by atoms with Crippen LogP contribution in [0.5, 0.6) is 0 Å². The second kappa shape index (κ2) is 36.8. The van der Waals surface area contributed by atoms with Crippen LogP contribution in [0, 0.1) is 17.8 Å². The number of thiazole rings is 1. The zero-order valence-electron chi connectivity index (χ0n) is 65.1. The molecule has 0 spiro atoms. The van der Waals surface area contributed by atoms with E-state index in [-0.39, 0.29) is 66.3 Å². The first kappa shape index (κ1) is 84.9. The number of nitrogens with zero attached hydrogens (tertiary/aromatic N) is 7. The molecule has 5 fully saturated rings. The maximum Gasteiger partial charge on any atom is 0.501 e. The average molecular weight is 1650 g/mol. The van der Waals surface area contributed by atoms with Crippen molar-refractivity contribution in [2.75, 3.05) is 108 Å². The molecule has 0 radical (unpaired) electrons. The Morgan fingerprint density at radius 3 is 2.12 bits per heavy atom. The van der Waals surface area contributed by atoms with E-state index in [4.69, 9.17) is 16.3 Å². The molecule has 1 aromatic heterocycles. The lowest BCUT2D eigenvalue weighted by molar-refractivity contribution is -0.144. The van der Waals surface area contributed by atoms with Gasteiger partial charge in [-0.1, -0.05) is 112 Å². The van der Waals surface area contributed by atoms with Crippen molar-refractivity contribution in [1.82, 2.24) is 44.8 Å². The van der Waals surface area contributed by atoms with E-state index in [1.54, 1.807) is 23.5 Å². The summed E-state index contributed by atoms with van der Waals surface area (Å²) in [5.74, 6) is -1.63. The van der Waals surface area contributed by atoms with Crippen LogP contribution in [-0.2, 0) is 43.8 Å². The van der Waals surface area contributed by atoms with Gasteiger partial charge in [-0.15, -0.1) is 23.1 Å². The van der Waals surface area contributed by atoms with Crippen molar-refractivity contribution in [2.24, 2.45) is 10.8 Å². The molecule has 0 saturated carbocycles. The van der Waals surface area contributed by atoms with Gasteiger partial charge in [-0.3, -0.25) is 38.7 Å². The number of aliphatic hydroxyl groups is 1. The maximum absolute atomic E-state index is 14.5. The Labute approximate surface area is 675 Å². The fourth-order valence-corrected chi connectivity index (χ4v) is 20.4. The van der Waals surface area contributed by atoms with E-state index in [1.807, 2.05) is 116 Å². The van der Waals surface area contributed by atoms with Crippen molar-refractivity contribution in [3.63, 3.8) is 0 Å². The molecule has 30 heteroatoms. The number of carbonyl (C=O) groups is 5. The smallest absolute Gasteiger partial charge is 0.391 e. The van der Waals surface area contributed by atoms with Crippen LogP contribution in [-0.4, -0.2) is 220 Å². The first-order chi connectivity index (χ1) is 53.8. The molecule has 22 nitrogen and oxygen atoms in total. The fourth-order valence-electron chi connectivity index (χ4n) is 16.5. The number of fused-ring (bicyclic) bond motifs is 2. The highest BCUT2D eigenvalue weighted by atomic mass is 35.5. The molecule has 8 atom stereocenters. The summed E-state index contributed by atoms with van der Waals surface area (Å²) in [5, 5.41) is 20.5. The largest absolute Gasteiger partial charge is 0.501 e. The number of benzene rings is 5. The third-order valence-electron chi connectivity index (χ3n) is 22.9. The van der Waals surface area contributed by atoms with Gasteiger partial charge < -0.3 is 40.5 Å². The summed E-state index contributed by atoms with van der Waals surface area (Å²) >= 11 is 9.42. The number of alkyl halides is 3. The summed E-state index contributed by atoms with van der Waals surface area (Å²) < 4.78 is 105. The highest BCUT2D eigenvalue weighted by Crippen LogP contribution is 2.45. The van der Waals surface area contributed by atoms with Crippen molar-refractivity contribution >= 4 is 101 Å². The molecule has 1 aliphatic carbocycles. The van der Waals surface area contributed by atoms with Crippen molar-refractivity contribution < 1.29 is 63.8 Å². The summed E-state index contributed by atoms with van der Waals surface area (Å²) in [4.78, 5) is 85.9. The van der Waals surface area contributed by atoms with Crippen molar-refractivity contribution in [3.05, 3.63) is 160 Å². The van der Waals surface area contributed by atoms with Crippen LogP contribution in [0.2, 0.25) is 5.02 Å². The number of ether oxygens (including phenoxy) is 1. The van der Waals surface area contributed by atoms with E-state index in [0.29, 0.717) is 88.4 Å². The van der Waals surface area contributed by atoms with Gasteiger partial charge in [-0.05, 0) is 159 Å². The monoisotopic (exact) mass is 1650 g/mol. The minimum absolute atomic E-state index is 0.0207. The van der Waals surface area contributed by atoms with Crippen molar-refractivity contribution in [2.45, 2.75) is 181 Å². The molecule has 5 amide bonds. The van der Waals surface area contributed by atoms with Gasteiger partial charge >= 0.3 is 5.51 Å². The molecule has 12 rings (SSSR count). The topological polar surface area (TPSA) is 264 Å². The van der Waals surface area contributed by atoms with Crippen LogP contribution in [0.15, 0.2) is 147 Å². The molecular formula is C83H105ClF3N11O11S4. The van der Waals surface area contributed by atoms with Gasteiger partial charge in [-0.25, -0.2) is 26.5 Å². The number of morpholine rings is 1. The minimum atomic E-state index is -6.11. The van der Waals surface area contributed by atoms with E-state index in [1.165, 1.54) is 39.9 Å². The molecule has 2 bridgehead atoms. The number of allylic oxidation sites excluding steroid dienone is 1. The number of carbonyl (C=O) groups excluding carboxylic acids is 5. The number of hydrogen-bond acceptors (Lipinski definition) is 19. The molecule has 1 unspecified atom stereocenters. The van der Waals surface area contributed by atoms with Gasteiger partial charge in [0.25, 0.3) is 25.8 Å². The van der Waals surface area contributed by atoms with Crippen LogP contribution in [0.3, 0.4) is 0 Å². The van der Waals surface area contributed by atoms with E-state index in [2.05, 4.69) is 59.6 Å². The number of sulfonamides is 1. The Balaban J connectivity index is 0.582. The second-order valence-electron chi connectivity index (χ2n) is 32.5. The normalized spacial score (nSPS) is 21.6. The van der Waals surface area contributed by atoms with Crippen LogP contribution in [0.4, 0.5) is 24.5 Å². The summed E-state index contributed by atoms with van der Waals surface area (Å²) in [6.07, 6.45) is 6.79. The number of nitrogens with one attached hydrogen (secondary N) is 4. The number of piperazine rings is 2. The lowest BCUT2D eigenvalue weighted by Crippen LogP contribution is -2.57. The molecule has 5 aromatic carbocycles. The van der Waals surface area contributed by atoms with Gasteiger partial charge in [0.05, 0.1) is 51.5 Å². The van der Waals surface area contributed by atoms with Crippen molar-refractivity contribution in [1.29, 1.82) is 0 Å².